The molecular weight excluding hydrogens is 322 g/mol. The van der Waals surface area contributed by atoms with Crippen LogP contribution < -0.4 is 15.0 Å². The number of nitrogens with one attached hydrogen (secondary N) is 1. The molecule has 0 aliphatic carbocycles. The minimum atomic E-state index is 0.443. The molecule has 2 rings (SSSR count). The lowest BCUT2D eigenvalue weighted by atomic mass is 10.2. The first kappa shape index (κ1) is 14.1. The molecule has 0 saturated carbocycles. The van der Waals surface area contributed by atoms with Crippen LogP contribution in [0.2, 0.25) is 0 Å². The molecule has 1 aromatic carbocycles. The van der Waals surface area contributed by atoms with Gasteiger partial charge >= 0.3 is 0 Å². The van der Waals surface area contributed by atoms with E-state index in [1.165, 1.54) is 6.33 Å². The normalized spacial score (nSPS) is 9.70. The summed E-state index contributed by atoms with van der Waals surface area (Å²) in [6.45, 7) is 0. The maximum absolute atomic E-state index is 8.62. The van der Waals surface area contributed by atoms with Gasteiger partial charge in [0.1, 0.15) is 23.7 Å². The van der Waals surface area contributed by atoms with E-state index >= 15 is 0 Å². The molecule has 102 valence electrons. The third kappa shape index (κ3) is 2.97. The second-order valence-corrected chi connectivity index (χ2v) is 4.79. The number of anilines is 3. The summed E-state index contributed by atoms with van der Waals surface area (Å²) in [5.41, 5.74) is 0.850. The number of hydrogen-bond donors (Lipinski definition) is 1. The average Bonchev–Trinajstić information content (AvgIpc) is 2.47. The van der Waals surface area contributed by atoms with E-state index in [0.29, 0.717) is 11.6 Å². The summed E-state index contributed by atoms with van der Waals surface area (Å²) in [7, 11) is 3.48. The number of aromatic nitrogens is 2. The van der Waals surface area contributed by atoms with Crippen LogP contribution in [0.25, 0.3) is 0 Å². The molecule has 0 fully saturated rings. The van der Waals surface area contributed by atoms with Crippen molar-refractivity contribution in [2.75, 3.05) is 24.4 Å². The van der Waals surface area contributed by atoms with Crippen molar-refractivity contribution in [1.29, 1.82) is 5.26 Å². The summed E-state index contributed by atoms with van der Waals surface area (Å²) in [4.78, 5) is 10.0. The second-order valence-electron chi connectivity index (χ2n) is 3.87. The number of nitriles is 1. The van der Waals surface area contributed by atoms with Gasteiger partial charge in [-0.25, -0.2) is 9.97 Å². The molecule has 20 heavy (non-hydrogen) atoms. The van der Waals surface area contributed by atoms with Crippen LogP contribution in [0.3, 0.4) is 0 Å². The zero-order valence-corrected chi connectivity index (χ0v) is 12.5. The van der Waals surface area contributed by atoms with Gasteiger partial charge in [-0.05, 0) is 18.2 Å². The monoisotopic (exact) mass is 333 g/mol. The van der Waals surface area contributed by atoms with E-state index in [9.17, 15) is 0 Å². The number of benzene rings is 1. The van der Waals surface area contributed by atoms with Crippen LogP contribution in [0.4, 0.5) is 17.3 Å². The van der Waals surface area contributed by atoms with Gasteiger partial charge < -0.3 is 9.64 Å². The highest BCUT2D eigenvalue weighted by Gasteiger charge is 2.12. The van der Waals surface area contributed by atoms with Crippen molar-refractivity contribution in [1.82, 2.24) is 9.97 Å². The van der Waals surface area contributed by atoms with Gasteiger partial charge in [-0.15, -0.1) is 0 Å². The van der Waals surface area contributed by atoms with E-state index in [2.05, 4.69) is 31.2 Å². The number of hydrogen-bond acceptors (Lipinski definition) is 6. The number of methoxy groups -OCH3 is 1. The number of nitrogens with zero attached hydrogens (tertiary/aromatic N) is 4. The lowest BCUT2D eigenvalue weighted by Gasteiger charge is -2.21. The molecule has 0 atom stereocenters. The molecule has 0 radical (unpaired) electrons. The topological polar surface area (TPSA) is 74.1 Å². The molecule has 0 amide bonds. The highest BCUT2D eigenvalue weighted by atomic mass is 79.9. The van der Waals surface area contributed by atoms with E-state index < -0.39 is 0 Å². The molecule has 7 heteroatoms. The van der Waals surface area contributed by atoms with Crippen LogP contribution in [0.15, 0.2) is 35.1 Å². The molecule has 1 N–H and O–H groups in total. The van der Waals surface area contributed by atoms with Crippen LogP contribution in [0, 0.1) is 11.5 Å². The Morgan fingerprint density at radius 1 is 1.35 bits per heavy atom. The summed E-state index contributed by atoms with van der Waals surface area (Å²) < 4.78 is 6.28. The van der Waals surface area contributed by atoms with E-state index in [-0.39, 0.29) is 0 Å². The molecular formula is C13H12BrN5O. The first-order valence-electron chi connectivity index (χ1n) is 5.70. The van der Waals surface area contributed by atoms with Crippen molar-refractivity contribution in [3.05, 3.63) is 35.1 Å². The molecule has 0 aliphatic heterocycles. The SMILES string of the molecule is COc1ccc(Br)cc1N(C)c1cc(NC#N)ncn1. The van der Waals surface area contributed by atoms with Crippen LogP contribution in [-0.2, 0) is 0 Å². The zero-order chi connectivity index (χ0) is 14.5. The van der Waals surface area contributed by atoms with E-state index in [4.69, 9.17) is 10.00 Å². The first-order chi connectivity index (χ1) is 9.65. The average molecular weight is 334 g/mol. The molecule has 1 heterocycles. The molecule has 0 spiro atoms. The summed E-state index contributed by atoms with van der Waals surface area (Å²) in [5, 5.41) is 11.1. The number of ether oxygens (including phenoxy) is 1. The second kappa shape index (κ2) is 6.21. The number of rotatable bonds is 4. The molecule has 0 aliphatic rings. The van der Waals surface area contributed by atoms with E-state index in [1.807, 2.05) is 36.3 Å². The quantitative estimate of drug-likeness (QED) is 0.685. The summed E-state index contributed by atoms with van der Waals surface area (Å²) in [5.74, 6) is 1.82. The Labute approximate surface area is 125 Å². The molecule has 0 bridgehead atoms. The van der Waals surface area contributed by atoms with Gasteiger partial charge in [-0.1, -0.05) is 15.9 Å². The van der Waals surface area contributed by atoms with Crippen molar-refractivity contribution in [3.63, 3.8) is 0 Å². The first-order valence-corrected chi connectivity index (χ1v) is 6.49. The van der Waals surface area contributed by atoms with E-state index in [0.717, 1.165) is 15.9 Å². The van der Waals surface area contributed by atoms with Crippen LogP contribution in [-0.4, -0.2) is 24.1 Å². The van der Waals surface area contributed by atoms with Gasteiger partial charge in [-0.3, -0.25) is 5.32 Å². The van der Waals surface area contributed by atoms with Crippen molar-refractivity contribution >= 4 is 33.3 Å². The van der Waals surface area contributed by atoms with Gasteiger partial charge in [0.2, 0.25) is 0 Å². The van der Waals surface area contributed by atoms with Gasteiger partial charge in [0.15, 0.2) is 6.19 Å². The van der Waals surface area contributed by atoms with Crippen molar-refractivity contribution in [3.8, 4) is 11.9 Å². The standard InChI is InChI=1S/C13H12BrN5O/c1-19(10-5-9(14)3-4-11(10)20-2)13-6-12(16-7-15)17-8-18-13/h3-6,8H,1-2H3,(H,16,17,18). The maximum atomic E-state index is 8.62. The minimum Gasteiger partial charge on any atom is -0.495 e. The smallest absolute Gasteiger partial charge is 0.182 e. The molecule has 0 unspecified atom stereocenters. The van der Waals surface area contributed by atoms with Gasteiger partial charge in [0.05, 0.1) is 12.8 Å². The summed E-state index contributed by atoms with van der Waals surface area (Å²) >= 11 is 3.44. The predicted molar refractivity (Wildman–Crippen MR) is 80.0 cm³/mol. The van der Waals surface area contributed by atoms with Crippen LogP contribution in [0.5, 0.6) is 5.75 Å². The lowest BCUT2D eigenvalue weighted by Crippen LogP contribution is -2.13. The Hall–Kier alpha value is -2.33. The predicted octanol–water partition coefficient (Wildman–Crippen LogP) is 2.91. The molecule has 2 aromatic rings. The van der Waals surface area contributed by atoms with Crippen molar-refractivity contribution < 1.29 is 4.74 Å². The molecule has 6 nitrogen and oxygen atoms in total. The van der Waals surface area contributed by atoms with Crippen molar-refractivity contribution in [2.45, 2.75) is 0 Å². The van der Waals surface area contributed by atoms with Gasteiger partial charge in [0.25, 0.3) is 0 Å². The van der Waals surface area contributed by atoms with Crippen LogP contribution >= 0.6 is 15.9 Å². The Balaban J connectivity index is 2.40. The third-order valence-corrected chi connectivity index (χ3v) is 3.18. The van der Waals surface area contributed by atoms with Gasteiger partial charge in [0, 0.05) is 17.6 Å². The zero-order valence-electron chi connectivity index (χ0n) is 11.0. The highest BCUT2D eigenvalue weighted by Crippen LogP contribution is 2.34. The fourth-order valence-electron chi connectivity index (χ4n) is 1.70. The summed E-state index contributed by atoms with van der Waals surface area (Å²) in [6.07, 6.45) is 3.23. The third-order valence-electron chi connectivity index (χ3n) is 2.68. The lowest BCUT2D eigenvalue weighted by molar-refractivity contribution is 0.415. The minimum absolute atomic E-state index is 0.443. The van der Waals surface area contributed by atoms with Gasteiger partial charge in [-0.2, -0.15) is 5.26 Å². The Morgan fingerprint density at radius 2 is 2.15 bits per heavy atom. The fourth-order valence-corrected chi connectivity index (χ4v) is 2.05. The Morgan fingerprint density at radius 3 is 2.85 bits per heavy atom. The number of halogens is 1. The Kier molecular flexibility index (Phi) is 4.38. The van der Waals surface area contributed by atoms with E-state index in [1.54, 1.807) is 13.2 Å². The maximum Gasteiger partial charge on any atom is 0.182 e. The van der Waals surface area contributed by atoms with Crippen molar-refractivity contribution in [2.24, 2.45) is 0 Å². The summed E-state index contributed by atoms with van der Waals surface area (Å²) in [6, 6.07) is 7.38. The Bertz CT molecular complexity index is 655. The molecule has 0 saturated heterocycles. The largest absolute Gasteiger partial charge is 0.495 e. The fraction of sp³-hybridized carbons (Fsp3) is 0.154. The molecule has 1 aromatic heterocycles. The van der Waals surface area contributed by atoms with Crippen LogP contribution in [0.1, 0.15) is 0 Å². The highest BCUT2D eigenvalue weighted by molar-refractivity contribution is 9.10.